The van der Waals surface area contributed by atoms with Gasteiger partial charge in [-0.25, -0.2) is 0 Å². The average Bonchev–Trinajstić information content (AvgIpc) is 3.70. The molecule has 80 heavy (non-hydrogen) atoms. The SMILES string of the molecule is CC1(C)c2ccccc2-c2ccc(N(c3ccc(-c4cccc5c4oc4ccccc45)cc3)c3ccc4c(c3)oc3c(-c5cccc6c5-c5ccccc5C6(c5ccccc5)c5ccccc5)c5c(cc34)oc3ccccc35)cc21. The minimum atomic E-state index is -0.573. The molecule has 0 saturated heterocycles. The maximum Gasteiger partial charge on any atom is 0.144 e. The highest BCUT2D eigenvalue weighted by Crippen LogP contribution is 2.60. The zero-order chi connectivity index (χ0) is 52.8. The lowest BCUT2D eigenvalue weighted by atomic mass is 9.67. The van der Waals surface area contributed by atoms with Crippen LogP contribution in [-0.2, 0) is 10.8 Å². The second-order valence-electron chi connectivity index (χ2n) is 22.2. The van der Waals surface area contributed by atoms with Crippen molar-refractivity contribution in [2.24, 2.45) is 0 Å². The van der Waals surface area contributed by atoms with Crippen molar-refractivity contribution in [3.05, 3.63) is 294 Å². The van der Waals surface area contributed by atoms with Crippen LogP contribution in [0.4, 0.5) is 17.1 Å². The van der Waals surface area contributed by atoms with Gasteiger partial charge in [0, 0.05) is 72.0 Å². The van der Waals surface area contributed by atoms with Gasteiger partial charge in [0.2, 0.25) is 0 Å². The van der Waals surface area contributed by atoms with E-state index in [4.69, 9.17) is 13.3 Å². The molecule has 17 rings (SSSR count). The van der Waals surface area contributed by atoms with Crippen LogP contribution < -0.4 is 4.90 Å². The maximum absolute atomic E-state index is 7.51. The van der Waals surface area contributed by atoms with E-state index in [0.717, 1.165) is 105 Å². The van der Waals surface area contributed by atoms with Crippen LogP contribution in [-0.4, -0.2) is 0 Å². The third-order valence-corrected chi connectivity index (χ3v) is 17.8. The summed E-state index contributed by atoms with van der Waals surface area (Å²) in [5.41, 5.74) is 24.2. The molecular formula is C76H49NO3. The summed E-state index contributed by atoms with van der Waals surface area (Å²) in [4.78, 5) is 2.38. The third-order valence-electron chi connectivity index (χ3n) is 17.8. The zero-order valence-electron chi connectivity index (χ0n) is 44.0. The van der Waals surface area contributed by atoms with Crippen molar-refractivity contribution in [1.82, 2.24) is 0 Å². The molecule has 0 bridgehead atoms. The largest absolute Gasteiger partial charge is 0.456 e. The van der Waals surface area contributed by atoms with Crippen LogP contribution in [0.5, 0.6) is 0 Å². The first-order chi connectivity index (χ1) is 39.4. The molecule has 0 atom stereocenters. The lowest BCUT2D eigenvalue weighted by molar-refractivity contribution is 0.660. The van der Waals surface area contributed by atoms with E-state index in [1.165, 1.54) is 55.6 Å². The van der Waals surface area contributed by atoms with Gasteiger partial charge >= 0.3 is 0 Å². The quantitative estimate of drug-likeness (QED) is 0.160. The average molecular weight is 1020 g/mol. The van der Waals surface area contributed by atoms with Gasteiger partial charge in [0.15, 0.2) is 0 Å². The Balaban J connectivity index is 0.891. The summed E-state index contributed by atoms with van der Waals surface area (Å²) in [7, 11) is 0. The molecule has 0 fully saturated rings. The van der Waals surface area contributed by atoms with Crippen molar-refractivity contribution < 1.29 is 13.3 Å². The summed E-state index contributed by atoms with van der Waals surface area (Å²) in [6, 6.07) is 94.8. The Bertz CT molecular complexity index is 5000. The lowest BCUT2D eigenvalue weighted by Crippen LogP contribution is -2.28. The molecule has 0 amide bonds. The predicted molar refractivity (Wildman–Crippen MR) is 329 cm³/mol. The number of hydrogen-bond donors (Lipinski definition) is 0. The van der Waals surface area contributed by atoms with Crippen molar-refractivity contribution >= 4 is 82.9 Å². The molecule has 12 aromatic carbocycles. The van der Waals surface area contributed by atoms with E-state index in [0.29, 0.717) is 0 Å². The summed E-state index contributed by atoms with van der Waals surface area (Å²) < 4.78 is 20.9. The fourth-order valence-corrected chi connectivity index (χ4v) is 14.2. The van der Waals surface area contributed by atoms with Crippen molar-refractivity contribution in [2.75, 3.05) is 4.90 Å². The van der Waals surface area contributed by atoms with E-state index in [1.54, 1.807) is 0 Å². The van der Waals surface area contributed by atoms with E-state index < -0.39 is 5.41 Å². The third kappa shape index (κ3) is 6.16. The minimum Gasteiger partial charge on any atom is -0.456 e. The van der Waals surface area contributed by atoms with E-state index in [-0.39, 0.29) is 5.41 Å². The van der Waals surface area contributed by atoms with Crippen molar-refractivity contribution in [3.8, 4) is 44.5 Å². The number of fused-ring (bicyclic) bond motifs is 15. The monoisotopic (exact) mass is 1020 g/mol. The summed E-state index contributed by atoms with van der Waals surface area (Å²) in [5, 5.41) is 6.34. The molecule has 2 aliphatic rings. The van der Waals surface area contributed by atoms with E-state index >= 15 is 0 Å². The first-order valence-electron chi connectivity index (χ1n) is 27.6. The van der Waals surface area contributed by atoms with Crippen LogP contribution in [0.15, 0.2) is 274 Å². The van der Waals surface area contributed by atoms with Gasteiger partial charge in [-0.05, 0) is 121 Å². The second kappa shape index (κ2) is 16.7. The van der Waals surface area contributed by atoms with Crippen molar-refractivity contribution in [2.45, 2.75) is 24.7 Å². The lowest BCUT2D eigenvalue weighted by Gasteiger charge is -2.34. The highest BCUT2D eigenvalue weighted by atomic mass is 16.3. The molecule has 4 heteroatoms. The highest BCUT2D eigenvalue weighted by Gasteiger charge is 2.47. The first kappa shape index (κ1) is 44.9. The number of para-hydroxylation sites is 3. The van der Waals surface area contributed by atoms with Crippen molar-refractivity contribution in [1.29, 1.82) is 0 Å². The van der Waals surface area contributed by atoms with E-state index in [9.17, 15) is 0 Å². The smallest absolute Gasteiger partial charge is 0.144 e. The number of furan rings is 3. The molecule has 3 aromatic heterocycles. The Labute approximate surface area is 462 Å². The maximum atomic E-state index is 7.51. The summed E-state index contributed by atoms with van der Waals surface area (Å²) in [6.45, 7) is 4.70. The van der Waals surface area contributed by atoms with Gasteiger partial charge in [-0.1, -0.05) is 214 Å². The molecule has 2 aliphatic carbocycles. The fourth-order valence-electron chi connectivity index (χ4n) is 14.2. The van der Waals surface area contributed by atoms with E-state index in [1.807, 2.05) is 12.1 Å². The molecule has 0 unspecified atom stereocenters. The van der Waals surface area contributed by atoms with Crippen LogP contribution in [0, 0.1) is 0 Å². The molecule has 0 radical (unpaired) electrons. The number of hydrogen-bond acceptors (Lipinski definition) is 4. The normalized spacial score (nSPS) is 13.8. The molecule has 4 nitrogen and oxygen atoms in total. The van der Waals surface area contributed by atoms with E-state index in [2.05, 4.69) is 267 Å². The van der Waals surface area contributed by atoms with Gasteiger partial charge < -0.3 is 18.2 Å². The van der Waals surface area contributed by atoms with Crippen LogP contribution in [0.1, 0.15) is 47.2 Å². The molecule has 3 heterocycles. The van der Waals surface area contributed by atoms with Crippen LogP contribution in [0.3, 0.4) is 0 Å². The molecule has 0 spiro atoms. The highest BCUT2D eigenvalue weighted by molar-refractivity contribution is 6.25. The Morgan fingerprint density at radius 2 is 0.850 bits per heavy atom. The van der Waals surface area contributed by atoms with Gasteiger partial charge in [-0.2, -0.15) is 0 Å². The van der Waals surface area contributed by atoms with Gasteiger partial charge in [0.05, 0.1) is 5.41 Å². The Morgan fingerprint density at radius 3 is 1.64 bits per heavy atom. The molecule has 376 valence electrons. The standard InChI is InChI=1S/C76H49NO3/c1-75(2)62-30-13-9-23-53(62)54-41-39-50(43-65(54)75)77(49-37-35-46(36-38-49)52-27-17-28-57-55-24-11-15-33-66(55)79-73(52)57)51-40-42-56-61-45-69-71(59-26-12-16-34-67(59)78-69)72(74(61)80-68(56)44-51)60-29-18-32-64-70(60)58-25-10-14-31-63(58)76(64,47-19-5-3-6-20-47)48-21-7-4-8-22-48/h3-45H,1-2H3. The summed E-state index contributed by atoms with van der Waals surface area (Å²) >= 11 is 0. The number of anilines is 3. The Morgan fingerprint density at radius 1 is 0.300 bits per heavy atom. The topological polar surface area (TPSA) is 42.7 Å². The minimum absolute atomic E-state index is 0.192. The van der Waals surface area contributed by atoms with Gasteiger partial charge in [0.1, 0.15) is 33.5 Å². The number of rotatable bonds is 7. The molecule has 0 aliphatic heterocycles. The van der Waals surface area contributed by atoms with Crippen LogP contribution >= 0.6 is 0 Å². The first-order valence-corrected chi connectivity index (χ1v) is 27.6. The summed E-state index contributed by atoms with van der Waals surface area (Å²) in [6.07, 6.45) is 0. The Kier molecular flexibility index (Phi) is 9.36. The molecular weight excluding hydrogens is 975 g/mol. The van der Waals surface area contributed by atoms with Gasteiger partial charge in [-0.3, -0.25) is 0 Å². The summed E-state index contributed by atoms with van der Waals surface area (Å²) in [5.74, 6) is 0. The fraction of sp³-hybridized carbons (Fsp3) is 0.0526. The Hall–Kier alpha value is -10.2. The van der Waals surface area contributed by atoms with Crippen LogP contribution in [0.2, 0.25) is 0 Å². The zero-order valence-corrected chi connectivity index (χ0v) is 44.0. The molecule has 0 N–H and O–H groups in total. The second-order valence-corrected chi connectivity index (χ2v) is 22.2. The predicted octanol–water partition coefficient (Wildman–Crippen LogP) is 20.9. The van der Waals surface area contributed by atoms with Gasteiger partial charge in [-0.15, -0.1) is 0 Å². The van der Waals surface area contributed by atoms with Crippen molar-refractivity contribution in [3.63, 3.8) is 0 Å². The number of nitrogens with zero attached hydrogens (tertiary/aromatic N) is 1. The molecule has 15 aromatic rings. The number of benzene rings is 12. The van der Waals surface area contributed by atoms with Gasteiger partial charge in [0.25, 0.3) is 0 Å². The molecule has 0 saturated carbocycles. The van der Waals surface area contributed by atoms with Crippen LogP contribution in [0.25, 0.3) is 110 Å².